The third-order valence-corrected chi connectivity index (χ3v) is 4.15. The lowest BCUT2D eigenvalue weighted by atomic mass is 9.87. The Labute approximate surface area is 141 Å². The van der Waals surface area contributed by atoms with Crippen molar-refractivity contribution in [3.8, 4) is 5.75 Å². The van der Waals surface area contributed by atoms with E-state index in [-0.39, 0.29) is 17.4 Å². The first-order valence-corrected chi connectivity index (χ1v) is 8.60. The van der Waals surface area contributed by atoms with Crippen molar-refractivity contribution in [3.05, 3.63) is 29.8 Å². The molecule has 1 N–H and O–H groups in total. The summed E-state index contributed by atoms with van der Waals surface area (Å²) in [5.74, 6) is 1.47. The third-order valence-electron chi connectivity index (χ3n) is 4.15. The zero-order valence-electron chi connectivity index (χ0n) is 15.9. The van der Waals surface area contributed by atoms with Crippen molar-refractivity contribution in [1.29, 1.82) is 0 Å². The number of carbonyl (C=O) groups excluding carboxylic acids is 1. The summed E-state index contributed by atoms with van der Waals surface area (Å²) in [7, 11) is 0. The minimum absolute atomic E-state index is 0.0581. The Bertz CT molecular complexity index is 489. The van der Waals surface area contributed by atoms with Crippen LogP contribution in [0.15, 0.2) is 24.3 Å². The lowest BCUT2D eigenvalue weighted by Gasteiger charge is -2.27. The predicted molar refractivity (Wildman–Crippen MR) is 96.8 cm³/mol. The van der Waals surface area contributed by atoms with Gasteiger partial charge in [-0.1, -0.05) is 60.6 Å². The third kappa shape index (κ3) is 5.89. The second-order valence-electron chi connectivity index (χ2n) is 8.06. The van der Waals surface area contributed by atoms with Gasteiger partial charge in [-0.2, -0.15) is 0 Å². The van der Waals surface area contributed by atoms with Crippen molar-refractivity contribution in [2.45, 2.75) is 73.0 Å². The van der Waals surface area contributed by atoms with Gasteiger partial charge in [0.25, 0.3) is 5.91 Å². The van der Waals surface area contributed by atoms with E-state index < -0.39 is 6.10 Å². The summed E-state index contributed by atoms with van der Waals surface area (Å²) in [5, 5.41) is 3.11. The van der Waals surface area contributed by atoms with Crippen LogP contribution in [-0.2, 0) is 10.2 Å². The molecule has 3 heteroatoms. The highest BCUT2D eigenvalue weighted by Gasteiger charge is 2.23. The molecule has 0 saturated carbocycles. The highest BCUT2D eigenvalue weighted by molar-refractivity contribution is 5.81. The maximum Gasteiger partial charge on any atom is 0.261 e. The van der Waals surface area contributed by atoms with E-state index in [0.717, 1.165) is 5.75 Å². The molecule has 0 bridgehead atoms. The molecule has 1 rings (SSSR count). The van der Waals surface area contributed by atoms with Crippen LogP contribution in [0.2, 0.25) is 0 Å². The number of ether oxygens (including phenoxy) is 1. The van der Waals surface area contributed by atoms with Crippen LogP contribution < -0.4 is 10.1 Å². The molecule has 0 aromatic heterocycles. The number of rotatable bonds is 6. The van der Waals surface area contributed by atoms with Gasteiger partial charge >= 0.3 is 0 Å². The fourth-order valence-electron chi connectivity index (χ4n) is 2.68. The van der Waals surface area contributed by atoms with E-state index in [4.69, 9.17) is 4.74 Å². The van der Waals surface area contributed by atoms with E-state index in [1.165, 1.54) is 5.56 Å². The Morgan fingerprint density at radius 3 is 1.83 bits per heavy atom. The smallest absolute Gasteiger partial charge is 0.261 e. The highest BCUT2D eigenvalue weighted by atomic mass is 16.5. The fourth-order valence-corrected chi connectivity index (χ4v) is 2.68. The van der Waals surface area contributed by atoms with Gasteiger partial charge < -0.3 is 10.1 Å². The van der Waals surface area contributed by atoms with Crippen molar-refractivity contribution >= 4 is 5.91 Å². The Balaban J connectivity index is 2.68. The van der Waals surface area contributed by atoms with Gasteiger partial charge in [0.15, 0.2) is 6.10 Å². The normalized spacial score (nSPS) is 13.5. The van der Waals surface area contributed by atoms with E-state index in [1.54, 1.807) is 6.92 Å². The maximum atomic E-state index is 12.4. The number of benzene rings is 1. The molecule has 23 heavy (non-hydrogen) atoms. The topological polar surface area (TPSA) is 38.3 Å². The van der Waals surface area contributed by atoms with Crippen LogP contribution in [0.4, 0.5) is 0 Å². The van der Waals surface area contributed by atoms with Crippen LogP contribution in [0.25, 0.3) is 0 Å². The minimum Gasteiger partial charge on any atom is -0.481 e. The van der Waals surface area contributed by atoms with Crippen LogP contribution in [0.3, 0.4) is 0 Å². The lowest BCUT2D eigenvalue weighted by Crippen LogP contribution is -2.47. The summed E-state index contributed by atoms with van der Waals surface area (Å²) in [6.07, 6.45) is -0.504. The SMILES string of the molecule is CC(C)C(NC(=O)[C@H](C)Oc1ccc(C(C)(C)C)cc1)C(C)C. The molecule has 130 valence electrons. The second-order valence-corrected chi connectivity index (χ2v) is 8.06. The monoisotopic (exact) mass is 319 g/mol. The van der Waals surface area contributed by atoms with Gasteiger partial charge in [-0.15, -0.1) is 0 Å². The molecule has 0 saturated heterocycles. The summed E-state index contributed by atoms with van der Waals surface area (Å²) >= 11 is 0. The molecule has 0 unspecified atom stereocenters. The highest BCUT2D eigenvalue weighted by Crippen LogP contribution is 2.24. The molecule has 0 aliphatic carbocycles. The number of amides is 1. The molecule has 0 spiro atoms. The van der Waals surface area contributed by atoms with Crippen molar-refractivity contribution in [3.63, 3.8) is 0 Å². The Kier molecular flexibility index (Phi) is 6.67. The average Bonchev–Trinajstić information content (AvgIpc) is 2.43. The molecular formula is C20H33NO2. The van der Waals surface area contributed by atoms with E-state index in [2.05, 4.69) is 65.9 Å². The van der Waals surface area contributed by atoms with Gasteiger partial charge in [0.2, 0.25) is 0 Å². The number of hydrogen-bond acceptors (Lipinski definition) is 2. The van der Waals surface area contributed by atoms with Crippen LogP contribution in [0.1, 0.15) is 61.0 Å². The first-order valence-electron chi connectivity index (χ1n) is 8.60. The molecule has 1 amide bonds. The molecule has 0 aliphatic rings. The van der Waals surface area contributed by atoms with Crippen molar-refractivity contribution in [2.75, 3.05) is 0 Å². The van der Waals surface area contributed by atoms with Crippen LogP contribution >= 0.6 is 0 Å². The summed E-state index contributed by atoms with van der Waals surface area (Å²) in [5.41, 5.74) is 1.37. The Morgan fingerprint density at radius 2 is 1.43 bits per heavy atom. The van der Waals surface area contributed by atoms with Gasteiger partial charge in [0, 0.05) is 6.04 Å². The quantitative estimate of drug-likeness (QED) is 0.835. The summed E-state index contributed by atoms with van der Waals surface area (Å²) in [4.78, 5) is 12.4. The van der Waals surface area contributed by atoms with E-state index in [0.29, 0.717) is 11.8 Å². The summed E-state index contributed by atoms with van der Waals surface area (Å²) in [6.45, 7) is 16.8. The van der Waals surface area contributed by atoms with Crippen molar-refractivity contribution < 1.29 is 9.53 Å². The molecule has 1 aromatic rings. The van der Waals surface area contributed by atoms with Crippen LogP contribution in [-0.4, -0.2) is 18.1 Å². The summed E-state index contributed by atoms with van der Waals surface area (Å²) in [6, 6.07) is 8.16. The van der Waals surface area contributed by atoms with Crippen molar-refractivity contribution in [1.82, 2.24) is 5.32 Å². The van der Waals surface area contributed by atoms with Gasteiger partial charge in [0.1, 0.15) is 5.75 Å². The van der Waals surface area contributed by atoms with E-state index >= 15 is 0 Å². The predicted octanol–water partition coefficient (Wildman–Crippen LogP) is 4.55. The van der Waals surface area contributed by atoms with Gasteiger partial charge in [-0.25, -0.2) is 0 Å². The number of carbonyl (C=O) groups is 1. The standard InChI is InChI=1S/C20H33NO2/c1-13(2)18(14(3)4)21-19(22)15(5)23-17-11-9-16(10-12-17)20(6,7)8/h9-15,18H,1-8H3,(H,21,22)/t15-/m0/s1. The van der Waals surface area contributed by atoms with Gasteiger partial charge in [-0.05, 0) is 41.9 Å². The van der Waals surface area contributed by atoms with E-state index in [9.17, 15) is 4.79 Å². The fraction of sp³-hybridized carbons (Fsp3) is 0.650. The Hall–Kier alpha value is -1.51. The molecule has 0 heterocycles. The van der Waals surface area contributed by atoms with Crippen LogP contribution in [0.5, 0.6) is 5.75 Å². The average molecular weight is 319 g/mol. The van der Waals surface area contributed by atoms with Gasteiger partial charge in [-0.3, -0.25) is 4.79 Å². The van der Waals surface area contributed by atoms with Crippen LogP contribution in [0, 0.1) is 11.8 Å². The molecule has 1 aromatic carbocycles. The molecule has 1 atom stereocenters. The second kappa shape index (κ2) is 7.85. The largest absolute Gasteiger partial charge is 0.481 e. The first kappa shape index (κ1) is 19.5. The molecule has 0 fully saturated rings. The molecule has 0 aliphatic heterocycles. The van der Waals surface area contributed by atoms with E-state index in [1.807, 2.05) is 12.1 Å². The lowest BCUT2D eigenvalue weighted by molar-refractivity contribution is -0.128. The molecule has 3 nitrogen and oxygen atoms in total. The molecular weight excluding hydrogens is 286 g/mol. The Morgan fingerprint density at radius 1 is 0.957 bits per heavy atom. The zero-order valence-corrected chi connectivity index (χ0v) is 15.9. The van der Waals surface area contributed by atoms with Gasteiger partial charge in [0.05, 0.1) is 0 Å². The first-order chi connectivity index (χ1) is 10.5. The number of hydrogen-bond donors (Lipinski definition) is 1. The zero-order chi connectivity index (χ0) is 17.8. The molecule has 0 radical (unpaired) electrons. The number of nitrogens with one attached hydrogen (secondary N) is 1. The van der Waals surface area contributed by atoms with Crippen molar-refractivity contribution in [2.24, 2.45) is 11.8 Å². The summed E-state index contributed by atoms with van der Waals surface area (Å²) < 4.78 is 5.79. The maximum absolute atomic E-state index is 12.4. The minimum atomic E-state index is -0.504.